The number of carbonyl (C=O) groups excluding carboxylic acids is 1. The molecule has 0 spiro atoms. The molecule has 1 fully saturated rings. The molecule has 0 saturated heterocycles. The fourth-order valence-electron chi connectivity index (χ4n) is 5.47. The molecule has 45 heavy (non-hydrogen) atoms. The first-order valence-corrected chi connectivity index (χ1v) is 15.7. The molecule has 2 N–H and O–H groups in total. The lowest BCUT2D eigenvalue weighted by Crippen LogP contribution is -2.43. The highest BCUT2D eigenvalue weighted by Gasteiger charge is 2.28. The van der Waals surface area contributed by atoms with Crippen molar-refractivity contribution in [3.63, 3.8) is 0 Å². The molecule has 1 aliphatic carbocycles. The molecule has 2 aromatic heterocycles. The summed E-state index contributed by atoms with van der Waals surface area (Å²) in [6.07, 6.45) is 3.97. The third-order valence-electron chi connectivity index (χ3n) is 7.64. The fourth-order valence-corrected chi connectivity index (χ4v) is 6.85. The van der Waals surface area contributed by atoms with Crippen LogP contribution < -0.4 is 15.4 Å². The van der Waals surface area contributed by atoms with E-state index in [4.69, 9.17) is 4.74 Å². The number of fused-ring (bicyclic) bond motifs is 1. The number of aryl methyl sites for hydroxylation is 1. The number of hydrogen-bond donors (Lipinski definition) is 2. The van der Waals surface area contributed by atoms with E-state index in [-0.39, 0.29) is 39.6 Å². The van der Waals surface area contributed by atoms with Crippen molar-refractivity contribution >= 4 is 32.8 Å². The van der Waals surface area contributed by atoms with E-state index in [1.807, 2.05) is 6.07 Å². The van der Waals surface area contributed by atoms with Crippen LogP contribution in [0.15, 0.2) is 84.0 Å². The Kier molecular flexibility index (Phi) is 8.19. The predicted octanol–water partition coefficient (Wildman–Crippen LogP) is 6.57. The Morgan fingerprint density at radius 1 is 0.978 bits per heavy atom. The molecule has 0 radical (unpaired) electrons. The molecule has 1 saturated carbocycles. The number of halogens is 3. The second kappa shape index (κ2) is 12.2. The smallest absolute Gasteiger partial charge is 0.410 e. The number of carbonyl (C=O) groups is 1. The minimum atomic E-state index is -4.32. The quantitative estimate of drug-likeness (QED) is 0.208. The summed E-state index contributed by atoms with van der Waals surface area (Å²) in [5.74, 6) is -2.70. The average Bonchev–Trinajstić information content (AvgIpc) is 3.40. The number of amides is 1. The minimum Gasteiger partial charge on any atom is -0.410 e. The van der Waals surface area contributed by atoms with Gasteiger partial charge in [0.05, 0.1) is 11.1 Å². The van der Waals surface area contributed by atoms with Crippen LogP contribution in [-0.4, -0.2) is 40.5 Å². The molecule has 6 rings (SSSR count). The molecule has 0 unspecified atom stereocenters. The Hall–Kier alpha value is -4.91. The van der Waals surface area contributed by atoms with Crippen molar-refractivity contribution in [2.45, 2.75) is 49.6 Å². The molecule has 2 heterocycles. The van der Waals surface area contributed by atoms with Gasteiger partial charge >= 0.3 is 6.09 Å². The van der Waals surface area contributed by atoms with E-state index < -0.39 is 39.1 Å². The van der Waals surface area contributed by atoms with E-state index in [0.29, 0.717) is 31.1 Å². The van der Waals surface area contributed by atoms with Crippen LogP contribution in [0.4, 0.5) is 23.8 Å². The molecule has 5 aromatic rings. The van der Waals surface area contributed by atoms with Crippen LogP contribution in [0.5, 0.6) is 5.75 Å². The normalized spacial score (nSPS) is 16.8. The van der Waals surface area contributed by atoms with Crippen molar-refractivity contribution in [1.29, 1.82) is 0 Å². The molecular formula is C32H28F3N5O4S. The van der Waals surface area contributed by atoms with Gasteiger partial charge in [0, 0.05) is 35.3 Å². The van der Waals surface area contributed by atoms with Gasteiger partial charge in [-0.2, -0.15) is 0 Å². The van der Waals surface area contributed by atoms with Crippen molar-refractivity contribution < 1.29 is 31.1 Å². The third-order valence-corrected chi connectivity index (χ3v) is 9.31. The molecule has 232 valence electrons. The first-order chi connectivity index (χ1) is 21.6. The number of aromatic nitrogens is 3. The van der Waals surface area contributed by atoms with Gasteiger partial charge in [0.1, 0.15) is 17.1 Å². The number of hydrogen-bond acceptors (Lipinski definition) is 7. The summed E-state index contributed by atoms with van der Waals surface area (Å²) in [4.78, 5) is 20.6. The standard InChI is InChI=1S/C32H28F3N5O4S/c1-19-10-12-24(13-11-19)45(42,43)40-18-26(25-14-20(33)15-27(34)29(25)40)30-36-17-28(35)31(39-30)37-21-6-5-7-22(16-21)38-32(41)44-23-8-3-2-4-9-23/h2-4,8-15,17-18,21-22H,5-7,16H2,1H3,(H,38,41)(H,36,37,39)/t21-,22+/m0/s1. The Morgan fingerprint density at radius 2 is 1.71 bits per heavy atom. The molecular weight excluding hydrogens is 607 g/mol. The number of rotatable bonds is 7. The summed E-state index contributed by atoms with van der Waals surface area (Å²) in [6.45, 7) is 1.80. The Balaban J connectivity index is 1.28. The largest absolute Gasteiger partial charge is 0.412 e. The van der Waals surface area contributed by atoms with Crippen LogP contribution in [0.25, 0.3) is 22.3 Å². The minimum absolute atomic E-state index is 0.00557. The van der Waals surface area contributed by atoms with Gasteiger partial charge in [0.15, 0.2) is 23.3 Å². The van der Waals surface area contributed by atoms with Gasteiger partial charge in [0.25, 0.3) is 10.0 Å². The monoisotopic (exact) mass is 635 g/mol. The topological polar surface area (TPSA) is 115 Å². The third kappa shape index (κ3) is 6.34. The Bertz CT molecular complexity index is 1990. The number of ether oxygens (including phenoxy) is 1. The van der Waals surface area contributed by atoms with E-state index in [1.54, 1.807) is 43.3 Å². The van der Waals surface area contributed by atoms with Gasteiger partial charge < -0.3 is 15.4 Å². The zero-order valence-electron chi connectivity index (χ0n) is 24.0. The second-order valence-corrected chi connectivity index (χ2v) is 12.7. The van der Waals surface area contributed by atoms with Gasteiger partial charge in [-0.05, 0) is 62.9 Å². The lowest BCUT2D eigenvalue weighted by molar-refractivity contribution is 0.191. The highest BCUT2D eigenvalue weighted by molar-refractivity contribution is 7.90. The predicted molar refractivity (Wildman–Crippen MR) is 162 cm³/mol. The summed E-state index contributed by atoms with van der Waals surface area (Å²) < 4.78 is 77.8. The van der Waals surface area contributed by atoms with E-state index in [9.17, 15) is 22.0 Å². The lowest BCUT2D eigenvalue weighted by atomic mass is 9.91. The summed E-state index contributed by atoms with van der Waals surface area (Å²) >= 11 is 0. The van der Waals surface area contributed by atoms with Gasteiger partial charge in [-0.1, -0.05) is 35.9 Å². The van der Waals surface area contributed by atoms with E-state index >= 15 is 4.39 Å². The van der Waals surface area contributed by atoms with Crippen LogP contribution >= 0.6 is 0 Å². The maximum Gasteiger partial charge on any atom is 0.412 e. The average molecular weight is 636 g/mol. The molecule has 0 aliphatic heterocycles. The zero-order valence-corrected chi connectivity index (χ0v) is 24.8. The van der Waals surface area contributed by atoms with E-state index in [1.165, 1.54) is 12.1 Å². The van der Waals surface area contributed by atoms with Crippen molar-refractivity contribution in [3.05, 3.63) is 102 Å². The van der Waals surface area contributed by atoms with E-state index in [0.717, 1.165) is 34.4 Å². The Labute approximate surface area is 257 Å². The SMILES string of the molecule is Cc1ccc(S(=O)(=O)n2cc(-c3ncc(F)c(N[C@H]4CCC[C@@H](NC(=O)Oc5ccccc5)C4)n3)c3cc(F)cc(F)c32)cc1. The van der Waals surface area contributed by atoms with Crippen molar-refractivity contribution in [2.24, 2.45) is 0 Å². The molecule has 2 atom stereocenters. The molecule has 3 aromatic carbocycles. The highest BCUT2D eigenvalue weighted by atomic mass is 32.2. The zero-order chi connectivity index (χ0) is 31.7. The highest BCUT2D eigenvalue weighted by Crippen LogP contribution is 2.35. The van der Waals surface area contributed by atoms with Gasteiger partial charge in [-0.25, -0.2) is 40.3 Å². The molecule has 9 nitrogen and oxygen atoms in total. The number of nitrogens with one attached hydrogen (secondary N) is 2. The first kappa shape index (κ1) is 30.1. The maximum atomic E-state index is 15.2. The van der Waals surface area contributed by atoms with Gasteiger partial charge in [0.2, 0.25) is 0 Å². The van der Waals surface area contributed by atoms with Gasteiger partial charge in [-0.15, -0.1) is 0 Å². The summed E-state index contributed by atoms with van der Waals surface area (Å²) in [6, 6.07) is 15.7. The molecule has 1 aliphatic rings. The van der Waals surface area contributed by atoms with Crippen LogP contribution in [0, 0.1) is 24.4 Å². The number of benzene rings is 3. The van der Waals surface area contributed by atoms with Gasteiger partial charge in [-0.3, -0.25) is 0 Å². The number of nitrogens with zero attached hydrogens (tertiary/aromatic N) is 3. The van der Waals surface area contributed by atoms with Crippen LogP contribution in [0.3, 0.4) is 0 Å². The summed E-state index contributed by atoms with van der Waals surface area (Å²) in [5.41, 5.74) is 0.430. The van der Waals surface area contributed by atoms with Crippen molar-refractivity contribution in [3.8, 4) is 17.1 Å². The van der Waals surface area contributed by atoms with Crippen LogP contribution in [-0.2, 0) is 10.0 Å². The summed E-state index contributed by atoms with van der Waals surface area (Å²) in [5, 5.41) is 5.80. The fraction of sp³-hybridized carbons (Fsp3) is 0.219. The number of para-hydroxylation sites is 1. The van der Waals surface area contributed by atoms with Crippen molar-refractivity contribution in [1.82, 2.24) is 19.3 Å². The molecule has 13 heteroatoms. The lowest BCUT2D eigenvalue weighted by Gasteiger charge is -2.30. The van der Waals surface area contributed by atoms with Crippen LogP contribution in [0.1, 0.15) is 31.2 Å². The van der Waals surface area contributed by atoms with Crippen LogP contribution in [0.2, 0.25) is 0 Å². The van der Waals surface area contributed by atoms with Crippen molar-refractivity contribution in [2.75, 3.05) is 5.32 Å². The van der Waals surface area contributed by atoms with E-state index in [2.05, 4.69) is 20.6 Å². The first-order valence-electron chi connectivity index (χ1n) is 14.2. The maximum absolute atomic E-state index is 15.2. The Morgan fingerprint density at radius 3 is 2.47 bits per heavy atom. The summed E-state index contributed by atoms with van der Waals surface area (Å²) in [7, 11) is -4.32. The molecule has 0 bridgehead atoms. The second-order valence-electron chi connectivity index (χ2n) is 10.9. The molecule has 1 amide bonds. The number of anilines is 1.